The molecule has 0 aliphatic heterocycles. The predicted molar refractivity (Wildman–Crippen MR) is 119 cm³/mol. The standard InChI is InChI=1S/C25H23N3O2/c1-15(2)24(25-26-19-9-5-6-10-20(19)27-25)28-22(29)13-17-14-30-21-12-11-16-7-3-4-8-18(16)23(17)21/h3-12,14-15,24H,13H2,1-2H3,(H,26,27)(H,28,29). The van der Waals surface area contributed by atoms with Crippen molar-refractivity contribution in [3.8, 4) is 0 Å². The van der Waals surface area contributed by atoms with Crippen LogP contribution in [0.5, 0.6) is 0 Å². The van der Waals surface area contributed by atoms with E-state index in [-0.39, 0.29) is 24.3 Å². The van der Waals surface area contributed by atoms with Crippen LogP contribution in [-0.2, 0) is 11.2 Å². The largest absolute Gasteiger partial charge is 0.464 e. The van der Waals surface area contributed by atoms with Gasteiger partial charge in [-0.1, -0.05) is 56.3 Å². The molecule has 1 amide bonds. The summed E-state index contributed by atoms with van der Waals surface area (Å²) in [4.78, 5) is 21.0. The van der Waals surface area contributed by atoms with Gasteiger partial charge in [0.05, 0.1) is 29.8 Å². The Labute approximate surface area is 174 Å². The lowest BCUT2D eigenvalue weighted by Gasteiger charge is -2.20. The van der Waals surface area contributed by atoms with Gasteiger partial charge in [-0.3, -0.25) is 4.79 Å². The Balaban J connectivity index is 1.44. The maximum Gasteiger partial charge on any atom is 0.225 e. The van der Waals surface area contributed by atoms with Crippen molar-refractivity contribution in [2.24, 2.45) is 5.92 Å². The fourth-order valence-corrected chi connectivity index (χ4v) is 4.07. The molecule has 5 aromatic rings. The number of para-hydroxylation sites is 2. The first kappa shape index (κ1) is 18.4. The third kappa shape index (κ3) is 3.22. The number of rotatable bonds is 5. The molecule has 30 heavy (non-hydrogen) atoms. The maximum atomic E-state index is 13.0. The van der Waals surface area contributed by atoms with Gasteiger partial charge in [0.1, 0.15) is 11.4 Å². The lowest BCUT2D eigenvalue weighted by molar-refractivity contribution is -0.121. The highest BCUT2D eigenvalue weighted by Crippen LogP contribution is 2.30. The molecular formula is C25H23N3O2. The minimum atomic E-state index is -0.195. The molecule has 0 aliphatic rings. The summed E-state index contributed by atoms with van der Waals surface area (Å²) in [7, 11) is 0. The first-order chi connectivity index (χ1) is 14.6. The molecule has 3 aromatic carbocycles. The highest BCUT2D eigenvalue weighted by atomic mass is 16.3. The van der Waals surface area contributed by atoms with Gasteiger partial charge < -0.3 is 14.7 Å². The Morgan fingerprint density at radius 3 is 2.70 bits per heavy atom. The summed E-state index contributed by atoms with van der Waals surface area (Å²) in [6, 6.07) is 19.9. The van der Waals surface area contributed by atoms with Crippen molar-refractivity contribution < 1.29 is 9.21 Å². The van der Waals surface area contributed by atoms with E-state index in [2.05, 4.69) is 41.3 Å². The molecule has 2 aromatic heterocycles. The zero-order valence-electron chi connectivity index (χ0n) is 17.0. The summed E-state index contributed by atoms with van der Waals surface area (Å²) in [5, 5.41) is 6.41. The summed E-state index contributed by atoms with van der Waals surface area (Å²) in [5.41, 5.74) is 3.57. The average Bonchev–Trinajstić information content (AvgIpc) is 3.36. The van der Waals surface area contributed by atoms with Crippen LogP contribution in [0.3, 0.4) is 0 Å². The molecule has 0 radical (unpaired) electrons. The number of amides is 1. The van der Waals surface area contributed by atoms with Crippen molar-refractivity contribution in [2.75, 3.05) is 0 Å². The number of nitrogens with zero attached hydrogens (tertiary/aromatic N) is 1. The number of furan rings is 1. The minimum absolute atomic E-state index is 0.0511. The molecule has 0 aliphatic carbocycles. The van der Waals surface area contributed by atoms with Crippen molar-refractivity contribution in [1.29, 1.82) is 0 Å². The van der Waals surface area contributed by atoms with Crippen LogP contribution in [0, 0.1) is 5.92 Å². The van der Waals surface area contributed by atoms with Gasteiger partial charge in [-0.25, -0.2) is 4.98 Å². The second kappa shape index (κ2) is 7.34. The molecule has 5 heteroatoms. The number of aromatic amines is 1. The SMILES string of the molecule is CC(C)C(NC(=O)Cc1coc2ccc3ccccc3c12)c1nc2ccccc2[nH]1. The third-order valence-electron chi connectivity index (χ3n) is 5.58. The van der Waals surface area contributed by atoms with Crippen LogP contribution in [0.15, 0.2) is 71.3 Å². The van der Waals surface area contributed by atoms with E-state index < -0.39 is 0 Å². The van der Waals surface area contributed by atoms with E-state index >= 15 is 0 Å². The highest BCUT2D eigenvalue weighted by Gasteiger charge is 2.23. The lowest BCUT2D eigenvalue weighted by Crippen LogP contribution is -2.33. The summed E-state index contributed by atoms with van der Waals surface area (Å²) < 4.78 is 5.74. The lowest BCUT2D eigenvalue weighted by atomic mass is 10.0. The maximum absolute atomic E-state index is 13.0. The molecule has 0 bridgehead atoms. The topological polar surface area (TPSA) is 70.9 Å². The fourth-order valence-electron chi connectivity index (χ4n) is 4.07. The van der Waals surface area contributed by atoms with Gasteiger partial charge in [0.2, 0.25) is 5.91 Å². The summed E-state index contributed by atoms with van der Waals surface area (Å²) in [5.74, 6) is 0.920. The fraction of sp³-hybridized carbons (Fsp3) is 0.200. The molecular weight excluding hydrogens is 374 g/mol. The van der Waals surface area contributed by atoms with Crippen molar-refractivity contribution in [3.05, 3.63) is 78.3 Å². The predicted octanol–water partition coefficient (Wildman–Crippen LogP) is 5.52. The number of hydrogen-bond acceptors (Lipinski definition) is 3. The smallest absolute Gasteiger partial charge is 0.225 e. The van der Waals surface area contributed by atoms with E-state index in [0.29, 0.717) is 0 Å². The van der Waals surface area contributed by atoms with E-state index in [1.165, 1.54) is 0 Å². The van der Waals surface area contributed by atoms with Crippen LogP contribution in [0.2, 0.25) is 0 Å². The first-order valence-electron chi connectivity index (χ1n) is 10.2. The molecule has 150 valence electrons. The molecule has 0 saturated carbocycles. The van der Waals surface area contributed by atoms with Gasteiger partial charge >= 0.3 is 0 Å². The number of H-pyrrole nitrogens is 1. The molecule has 2 heterocycles. The molecule has 5 nitrogen and oxygen atoms in total. The van der Waals surface area contributed by atoms with Crippen molar-refractivity contribution in [3.63, 3.8) is 0 Å². The first-order valence-corrected chi connectivity index (χ1v) is 10.2. The number of nitrogens with one attached hydrogen (secondary N) is 2. The Morgan fingerprint density at radius 1 is 1.07 bits per heavy atom. The molecule has 2 N–H and O–H groups in total. The quantitative estimate of drug-likeness (QED) is 0.410. The van der Waals surface area contributed by atoms with Gasteiger partial charge in [-0.15, -0.1) is 0 Å². The Hall–Kier alpha value is -3.60. The second-order valence-corrected chi connectivity index (χ2v) is 8.03. The molecule has 1 unspecified atom stereocenters. The average molecular weight is 397 g/mol. The number of fused-ring (bicyclic) bond motifs is 4. The van der Waals surface area contributed by atoms with Crippen molar-refractivity contribution in [2.45, 2.75) is 26.3 Å². The molecule has 0 fully saturated rings. The zero-order valence-corrected chi connectivity index (χ0v) is 17.0. The number of benzene rings is 3. The Morgan fingerprint density at radius 2 is 1.87 bits per heavy atom. The van der Waals surface area contributed by atoms with Crippen LogP contribution in [-0.4, -0.2) is 15.9 Å². The molecule has 5 rings (SSSR count). The number of hydrogen-bond donors (Lipinski definition) is 2. The number of carbonyl (C=O) groups is 1. The van der Waals surface area contributed by atoms with Crippen LogP contribution >= 0.6 is 0 Å². The monoisotopic (exact) mass is 397 g/mol. The van der Waals surface area contributed by atoms with Gasteiger partial charge in [0, 0.05) is 10.9 Å². The van der Waals surface area contributed by atoms with Gasteiger partial charge in [-0.2, -0.15) is 0 Å². The number of carbonyl (C=O) groups excluding carboxylic acids is 1. The van der Waals surface area contributed by atoms with Gasteiger partial charge in [0.15, 0.2) is 0 Å². The Kier molecular flexibility index (Phi) is 4.51. The minimum Gasteiger partial charge on any atom is -0.464 e. The van der Waals surface area contributed by atoms with Crippen LogP contribution in [0.25, 0.3) is 32.8 Å². The van der Waals surface area contributed by atoms with Crippen LogP contribution in [0.4, 0.5) is 0 Å². The Bertz CT molecular complexity index is 1330. The van der Waals surface area contributed by atoms with E-state index in [4.69, 9.17) is 4.42 Å². The zero-order chi connectivity index (χ0) is 20.7. The summed E-state index contributed by atoms with van der Waals surface area (Å²) in [6.45, 7) is 4.16. The van der Waals surface area contributed by atoms with E-state index in [1.54, 1.807) is 6.26 Å². The highest BCUT2D eigenvalue weighted by molar-refractivity contribution is 6.08. The van der Waals surface area contributed by atoms with E-state index in [0.717, 1.165) is 44.2 Å². The van der Waals surface area contributed by atoms with E-state index in [1.807, 2.05) is 48.5 Å². The van der Waals surface area contributed by atoms with E-state index in [9.17, 15) is 4.79 Å². The van der Waals surface area contributed by atoms with Gasteiger partial charge in [-0.05, 0) is 34.9 Å². The van der Waals surface area contributed by atoms with Crippen molar-refractivity contribution >= 4 is 38.7 Å². The third-order valence-corrected chi connectivity index (χ3v) is 5.58. The van der Waals surface area contributed by atoms with Crippen molar-refractivity contribution in [1.82, 2.24) is 15.3 Å². The van der Waals surface area contributed by atoms with Crippen LogP contribution in [0.1, 0.15) is 31.3 Å². The number of aromatic nitrogens is 2. The van der Waals surface area contributed by atoms with Gasteiger partial charge in [0.25, 0.3) is 0 Å². The molecule has 1 atom stereocenters. The normalized spacial score (nSPS) is 12.8. The summed E-state index contributed by atoms with van der Waals surface area (Å²) in [6.07, 6.45) is 1.95. The summed E-state index contributed by atoms with van der Waals surface area (Å²) >= 11 is 0. The molecule has 0 spiro atoms. The van der Waals surface area contributed by atoms with Crippen LogP contribution < -0.4 is 5.32 Å². The second-order valence-electron chi connectivity index (χ2n) is 8.03. The molecule has 0 saturated heterocycles. The number of imidazole rings is 1.